The number of ketones is 3. The minimum atomic E-state index is -0.366. The molecule has 3 atom stereocenters. The average Bonchev–Trinajstić information content (AvgIpc) is 2.78. The molecule has 3 aliphatic carbocycles. The van der Waals surface area contributed by atoms with Gasteiger partial charge in [-0.1, -0.05) is 34.9 Å². The van der Waals surface area contributed by atoms with Gasteiger partial charge in [-0.2, -0.15) is 0 Å². The van der Waals surface area contributed by atoms with E-state index in [9.17, 15) is 14.4 Å². The monoisotopic (exact) mass is 468 g/mol. The molecule has 4 heteroatoms. The Labute approximate surface area is 207 Å². The number of methoxy groups -OCH3 is 1. The second-order valence-corrected chi connectivity index (χ2v) is 10.6. The Bertz CT molecular complexity index is 1370. The minimum absolute atomic E-state index is 0.0432. The van der Waals surface area contributed by atoms with Gasteiger partial charge in [-0.05, 0) is 94.5 Å². The summed E-state index contributed by atoms with van der Waals surface area (Å²) in [6.07, 6.45) is 2.29. The molecule has 0 fully saturated rings. The Balaban J connectivity index is 1.67. The number of rotatable bonds is 3. The van der Waals surface area contributed by atoms with E-state index in [2.05, 4.69) is 19.1 Å². The summed E-state index contributed by atoms with van der Waals surface area (Å²) in [5, 5.41) is 0. The van der Waals surface area contributed by atoms with Gasteiger partial charge in [0.25, 0.3) is 0 Å². The lowest BCUT2D eigenvalue weighted by Gasteiger charge is -2.43. The van der Waals surface area contributed by atoms with Crippen LogP contribution in [0.25, 0.3) is 11.1 Å². The van der Waals surface area contributed by atoms with Crippen LogP contribution in [-0.2, 0) is 16.0 Å². The molecule has 0 amide bonds. The summed E-state index contributed by atoms with van der Waals surface area (Å²) in [7, 11) is 1.68. The fourth-order valence-electron chi connectivity index (χ4n) is 6.92. The molecule has 0 aromatic heterocycles. The molecule has 5 rings (SSSR count). The van der Waals surface area contributed by atoms with Crippen LogP contribution in [0, 0.1) is 31.6 Å². The van der Waals surface area contributed by atoms with Crippen LogP contribution in [-0.4, -0.2) is 24.5 Å². The molecule has 0 saturated carbocycles. The van der Waals surface area contributed by atoms with Gasteiger partial charge in [0, 0.05) is 22.6 Å². The lowest BCUT2D eigenvalue weighted by atomic mass is 9.59. The zero-order valence-corrected chi connectivity index (χ0v) is 21.4. The zero-order valence-electron chi connectivity index (χ0n) is 21.4. The maximum Gasteiger partial charge on any atom is 0.189 e. The lowest BCUT2D eigenvalue weighted by molar-refractivity contribution is -0.124. The first-order valence-electron chi connectivity index (χ1n) is 12.4. The van der Waals surface area contributed by atoms with Crippen molar-refractivity contribution in [3.63, 3.8) is 0 Å². The molecule has 3 aliphatic rings. The van der Waals surface area contributed by atoms with Crippen molar-refractivity contribution in [3.8, 4) is 16.9 Å². The highest BCUT2D eigenvalue weighted by Gasteiger charge is 2.47. The van der Waals surface area contributed by atoms with Gasteiger partial charge in [-0.3, -0.25) is 14.4 Å². The second-order valence-electron chi connectivity index (χ2n) is 10.6. The molecule has 4 nitrogen and oxygen atoms in total. The summed E-state index contributed by atoms with van der Waals surface area (Å²) in [4.78, 5) is 39.7. The highest BCUT2D eigenvalue weighted by molar-refractivity contribution is 6.22. The van der Waals surface area contributed by atoms with Crippen molar-refractivity contribution in [1.82, 2.24) is 0 Å². The third-order valence-electron chi connectivity index (χ3n) is 8.32. The number of allylic oxidation sites excluding steroid dienone is 4. The number of aryl methyl sites for hydroxylation is 2. The molecule has 0 heterocycles. The molecule has 35 heavy (non-hydrogen) atoms. The van der Waals surface area contributed by atoms with E-state index in [-0.39, 0.29) is 35.1 Å². The van der Waals surface area contributed by atoms with Crippen LogP contribution in [0.3, 0.4) is 0 Å². The molecule has 2 aromatic rings. The smallest absolute Gasteiger partial charge is 0.189 e. The fourth-order valence-corrected chi connectivity index (χ4v) is 6.92. The van der Waals surface area contributed by atoms with Crippen LogP contribution < -0.4 is 4.74 Å². The molecule has 0 saturated heterocycles. The second kappa shape index (κ2) is 8.44. The van der Waals surface area contributed by atoms with Crippen molar-refractivity contribution in [2.24, 2.45) is 17.8 Å². The normalized spacial score (nSPS) is 23.7. The molecule has 180 valence electrons. The number of hydrogen-bond donors (Lipinski definition) is 0. The number of hydrogen-bond acceptors (Lipinski definition) is 4. The van der Waals surface area contributed by atoms with Crippen molar-refractivity contribution >= 4 is 17.3 Å². The van der Waals surface area contributed by atoms with Crippen LogP contribution in [0.1, 0.15) is 60.7 Å². The molecule has 0 radical (unpaired) electrons. The first kappa shape index (κ1) is 23.5. The van der Waals surface area contributed by atoms with E-state index >= 15 is 0 Å². The van der Waals surface area contributed by atoms with Gasteiger partial charge in [0.15, 0.2) is 17.3 Å². The van der Waals surface area contributed by atoms with Crippen molar-refractivity contribution < 1.29 is 19.1 Å². The average molecular weight is 469 g/mol. The first-order valence-corrected chi connectivity index (χ1v) is 12.4. The first-order chi connectivity index (χ1) is 16.6. The maximum absolute atomic E-state index is 14.1. The molecule has 0 aliphatic heterocycles. The number of ether oxygens (including phenoxy) is 1. The quantitative estimate of drug-likeness (QED) is 0.506. The highest BCUT2D eigenvalue weighted by atomic mass is 16.5. The molecule has 0 spiro atoms. The van der Waals surface area contributed by atoms with Crippen molar-refractivity contribution in [1.29, 1.82) is 0 Å². The summed E-state index contributed by atoms with van der Waals surface area (Å²) in [6.45, 7) is 9.37. The molecular weight excluding hydrogens is 436 g/mol. The number of benzene rings is 2. The van der Waals surface area contributed by atoms with Crippen LogP contribution in [0.4, 0.5) is 0 Å². The van der Waals surface area contributed by atoms with Crippen molar-refractivity contribution in [2.75, 3.05) is 7.11 Å². The summed E-state index contributed by atoms with van der Waals surface area (Å²) in [6, 6.07) is 10.3. The summed E-state index contributed by atoms with van der Waals surface area (Å²) in [5.41, 5.74) is 8.90. The predicted molar refractivity (Wildman–Crippen MR) is 137 cm³/mol. The van der Waals surface area contributed by atoms with Crippen LogP contribution in [0.5, 0.6) is 5.75 Å². The van der Waals surface area contributed by atoms with Gasteiger partial charge in [0.1, 0.15) is 5.75 Å². The van der Waals surface area contributed by atoms with E-state index in [0.717, 1.165) is 75.1 Å². The Morgan fingerprint density at radius 3 is 2.40 bits per heavy atom. The van der Waals surface area contributed by atoms with E-state index in [4.69, 9.17) is 4.74 Å². The molecule has 0 N–H and O–H groups in total. The number of carbonyl (C=O) groups excluding carboxylic acids is 3. The maximum atomic E-state index is 14.1. The largest absolute Gasteiger partial charge is 0.496 e. The van der Waals surface area contributed by atoms with Crippen molar-refractivity contribution in [3.05, 3.63) is 74.9 Å². The Hall–Kier alpha value is -3.27. The van der Waals surface area contributed by atoms with Crippen LogP contribution in [0.2, 0.25) is 0 Å². The molecule has 0 bridgehead atoms. The third-order valence-corrected chi connectivity index (χ3v) is 8.32. The van der Waals surface area contributed by atoms with E-state index in [1.807, 2.05) is 39.0 Å². The molecular formula is C31H32O4. The van der Waals surface area contributed by atoms with E-state index in [1.54, 1.807) is 7.11 Å². The van der Waals surface area contributed by atoms with Crippen LogP contribution in [0.15, 0.2) is 52.6 Å². The van der Waals surface area contributed by atoms with E-state index < -0.39 is 0 Å². The third kappa shape index (κ3) is 3.53. The van der Waals surface area contributed by atoms with E-state index in [0.29, 0.717) is 5.57 Å². The highest BCUT2D eigenvalue weighted by Crippen LogP contribution is 2.51. The molecule has 3 unspecified atom stereocenters. The summed E-state index contributed by atoms with van der Waals surface area (Å²) < 4.78 is 5.69. The SMILES string of the molecule is COc1ccc(C)cc1-c1ccc(C)c2c1CC1CC3CC(C)=C(C(C)=O)C(=O)C3C(C)=C1C2=O. The zero-order chi connectivity index (χ0) is 25.2. The summed E-state index contributed by atoms with van der Waals surface area (Å²) in [5.74, 6) is 0.423. The number of Topliss-reactive ketones (excluding diaryl/α,β-unsaturated/α-hetero) is 3. The Morgan fingerprint density at radius 2 is 1.71 bits per heavy atom. The van der Waals surface area contributed by atoms with Gasteiger partial charge in [0.05, 0.1) is 12.7 Å². The Kier molecular flexibility index (Phi) is 5.66. The summed E-state index contributed by atoms with van der Waals surface area (Å²) >= 11 is 0. The van der Waals surface area contributed by atoms with Gasteiger partial charge >= 0.3 is 0 Å². The lowest BCUT2D eigenvalue weighted by Crippen LogP contribution is -2.41. The van der Waals surface area contributed by atoms with Gasteiger partial charge in [-0.25, -0.2) is 0 Å². The number of fused-ring (bicyclic) bond motifs is 3. The Morgan fingerprint density at radius 1 is 0.971 bits per heavy atom. The van der Waals surface area contributed by atoms with Crippen LogP contribution >= 0.6 is 0 Å². The van der Waals surface area contributed by atoms with Gasteiger partial charge in [0.2, 0.25) is 0 Å². The topological polar surface area (TPSA) is 60.4 Å². The number of carbonyl (C=O) groups is 3. The fraction of sp³-hybridized carbons (Fsp3) is 0.387. The van der Waals surface area contributed by atoms with Gasteiger partial charge < -0.3 is 4.74 Å². The van der Waals surface area contributed by atoms with Crippen molar-refractivity contribution in [2.45, 2.75) is 53.9 Å². The standard InChI is InChI=1S/C31H32O4/c1-15-7-10-25(35-6)23(11-15)22-9-8-16(2)27-24(22)14-21-13-20-12-17(3)26(19(5)32)30(33)28(20)18(4)29(21)31(27)34/h7-11,20-21,28H,12-14H2,1-6H3. The predicted octanol–water partition coefficient (Wildman–Crippen LogP) is 6.16. The minimum Gasteiger partial charge on any atom is -0.496 e. The van der Waals surface area contributed by atoms with E-state index in [1.165, 1.54) is 6.92 Å². The molecule has 2 aromatic carbocycles. The van der Waals surface area contributed by atoms with Gasteiger partial charge in [-0.15, -0.1) is 0 Å².